The minimum Gasteiger partial charge on any atom is -0.396 e. The smallest absolute Gasteiger partial charge is 0.152 e. The monoisotopic (exact) mass is 426 g/mol. The van der Waals surface area contributed by atoms with Gasteiger partial charge in [-0.05, 0) is 44.0 Å². The Morgan fingerprint density at radius 3 is 2.00 bits per heavy atom. The average Bonchev–Trinajstić information content (AvgIpc) is 2.38. The van der Waals surface area contributed by atoms with Crippen molar-refractivity contribution in [2.75, 3.05) is 18.1 Å². The van der Waals surface area contributed by atoms with Crippen molar-refractivity contribution in [2.24, 2.45) is 0 Å². The molecule has 3 N–H and O–H groups in total. The normalized spacial score (nSPS) is 9.53. The molecule has 2 rings (SSSR count). The van der Waals surface area contributed by atoms with Gasteiger partial charge in [0.15, 0.2) is 10.3 Å². The molecule has 0 aliphatic rings. The SMILES string of the molecule is CNc1cc(Br)cnc1Cl.Nc1cc(Br)cnc1Cl. The molecule has 0 radical (unpaired) electrons. The van der Waals surface area contributed by atoms with Crippen molar-refractivity contribution in [2.45, 2.75) is 0 Å². The molecule has 0 aliphatic carbocycles. The first kappa shape index (κ1) is 16.5. The Kier molecular flexibility index (Phi) is 6.85. The Bertz CT molecular complexity index is 566. The molecule has 0 spiro atoms. The number of aromatic nitrogens is 2. The molecule has 2 heterocycles. The van der Waals surface area contributed by atoms with Crippen molar-refractivity contribution in [3.8, 4) is 0 Å². The third-order valence-electron chi connectivity index (χ3n) is 1.91. The third-order valence-corrected chi connectivity index (χ3v) is 3.39. The largest absolute Gasteiger partial charge is 0.396 e. The summed E-state index contributed by atoms with van der Waals surface area (Å²) < 4.78 is 1.76. The van der Waals surface area contributed by atoms with Gasteiger partial charge in [0, 0.05) is 28.4 Å². The van der Waals surface area contributed by atoms with Crippen LogP contribution in [0, 0.1) is 0 Å². The lowest BCUT2D eigenvalue weighted by Crippen LogP contribution is -1.90. The number of nitrogens with two attached hydrogens (primary N) is 1. The van der Waals surface area contributed by atoms with E-state index < -0.39 is 0 Å². The molecule has 2 aromatic heterocycles. The average molecular weight is 429 g/mol. The summed E-state index contributed by atoms with van der Waals surface area (Å²) in [7, 11) is 1.80. The van der Waals surface area contributed by atoms with Crippen LogP contribution in [0.2, 0.25) is 10.3 Å². The molecule has 0 saturated carbocycles. The Morgan fingerprint density at radius 1 is 1.05 bits per heavy atom. The number of anilines is 2. The van der Waals surface area contributed by atoms with Crippen LogP contribution in [0.1, 0.15) is 0 Å². The Labute approximate surface area is 138 Å². The molecular formula is C11H10Br2Cl2N4. The second-order valence-corrected chi connectivity index (χ2v) is 5.82. The molecule has 0 saturated heterocycles. The van der Waals surface area contributed by atoms with Gasteiger partial charge < -0.3 is 11.1 Å². The first-order chi connectivity index (χ1) is 8.93. The van der Waals surface area contributed by atoms with Crippen LogP contribution in [0.4, 0.5) is 11.4 Å². The molecule has 19 heavy (non-hydrogen) atoms. The summed E-state index contributed by atoms with van der Waals surface area (Å²) in [6, 6.07) is 3.57. The summed E-state index contributed by atoms with van der Waals surface area (Å²) in [5.41, 5.74) is 6.72. The zero-order valence-electron chi connectivity index (χ0n) is 9.79. The topological polar surface area (TPSA) is 63.8 Å². The van der Waals surface area contributed by atoms with E-state index in [4.69, 9.17) is 28.9 Å². The zero-order chi connectivity index (χ0) is 14.4. The van der Waals surface area contributed by atoms with Gasteiger partial charge >= 0.3 is 0 Å². The van der Waals surface area contributed by atoms with E-state index in [1.807, 2.05) is 6.07 Å². The van der Waals surface area contributed by atoms with Crippen molar-refractivity contribution in [3.05, 3.63) is 43.8 Å². The summed E-state index contributed by atoms with van der Waals surface area (Å²) >= 11 is 17.7. The van der Waals surface area contributed by atoms with E-state index in [1.165, 1.54) is 0 Å². The highest BCUT2D eigenvalue weighted by molar-refractivity contribution is 9.10. The van der Waals surface area contributed by atoms with E-state index in [1.54, 1.807) is 25.5 Å². The van der Waals surface area contributed by atoms with E-state index in [0.717, 1.165) is 14.6 Å². The minimum absolute atomic E-state index is 0.346. The highest BCUT2D eigenvalue weighted by atomic mass is 79.9. The van der Waals surface area contributed by atoms with Crippen molar-refractivity contribution in [1.82, 2.24) is 9.97 Å². The van der Waals surface area contributed by atoms with E-state index >= 15 is 0 Å². The number of nitrogens with one attached hydrogen (secondary N) is 1. The Morgan fingerprint density at radius 2 is 1.58 bits per heavy atom. The van der Waals surface area contributed by atoms with Crippen LogP contribution in [0.5, 0.6) is 0 Å². The molecule has 2 aromatic rings. The molecule has 0 aromatic carbocycles. The van der Waals surface area contributed by atoms with Crippen LogP contribution < -0.4 is 11.1 Å². The van der Waals surface area contributed by atoms with Gasteiger partial charge in [-0.1, -0.05) is 23.2 Å². The number of hydrogen-bond donors (Lipinski definition) is 2. The van der Waals surface area contributed by atoms with Crippen LogP contribution in [-0.4, -0.2) is 17.0 Å². The molecule has 8 heteroatoms. The van der Waals surface area contributed by atoms with Crippen molar-refractivity contribution in [3.63, 3.8) is 0 Å². The molecule has 4 nitrogen and oxygen atoms in total. The Balaban J connectivity index is 0.000000191. The van der Waals surface area contributed by atoms with Gasteiger partial charge in [-0.2, -0.15) is 0 Å². The highest BCUT2D eigenvalue weighted by Crippen LogP contribution is 2.21. The summed E-state index contributed by atoms with van der Waals surface area (Å²) in [5.74, 6) is 0. The maximum atomic E-state index is 5.70. The molecule has 0 amide bonds. The summed E-state index contributed by atoms with van der Waals surface area (Å²) in [6.07, 6.45) is 3.25. The lowest BCUT2D eigenvalue weighted by molar-refractivity contribution is 1.29. The molecule has 0 atom stereocenters. The summed E-state index contributed by atoms with van der Waals surface area (Å²) in [4.78, 5) is 7.68. The number of nitrogen functional groups attached to an aromatic ring is 1. The number of halogens is 4. The van der Waals surface area contributed by atoms with E-state index in [-0.39, 0.29) is 0 Å². The van der Waals surface area contributed by atoms with Gasteiger partial charge in [-0.15, -0.1) is 0 Å². The fourth-order valence-electron chi connectivity index (χ4n) is 1.04. The lowest BCUT2D eigenvalue weighted by atomic mass is 10.4. The van der Waals surface area contributed by atoms with Crippen LogP contribution in [0.3, 0.4) is 0 Å². The van der Waals surface area contributed by atoms with Crippen LogP contribution in [0.15, 0.2) is 33.5 Å². The molecule has 0 unspecified atom stereocenters. The van der Waals surface area contributed by atoms with E-state index in [9.17, 15) is 0 Å². The second-order valence-electron chi connectivity index (χ2n) is 3.28. The quantitative estimate of drug-likeness (QED) is 0.650. The summed E-state index contributed by atoms with van der Waals surface area (Å²) in [5, 5.41) is 3.75. The molecule has 0 bridgehead atoms. The van der Waals surface area contributed by atoms with Crippen LogP contribution in [0.25, 0.3) is 0 Å². The lowest BCUT2D eigenvalue weighted by Gasteiger charge is -2.00. The summed E-state index contributed by atoms with van der Waals surface area (Å²) in [6.45, 7) is 0. The number of nitrogens with zero attached hydrogens (tertiary/aromatic N) is 2. The molecule has 0 aliphatic heterocycles. The molecule has 0 fully saturated rings. The van der Waals surface area contributed by atoms with Gasteiger partial charge in [0.05, 0.1) is 11.4 Å². The fourth-order valence-corrected chi connectivity index (χ4v) is 2.02. The predicted molar refractivity (Wildman–Crippen MR) is 87.9 cm³/mol. The minimum atomic E-state index is 0.346. The first-order valence-electron chi connectivity index (χ1n) is 4.99. The third kappa shape index (κ3) is 5.52. The van der Waals surface area contributed by atoms with Gasteiger partial charge in [0.1, 0.15) is 0 Å². The maximum Gasteiger partial charge on any atom is 0.152 e. The predicted octanol–water partition coefficient (Wildman–Crippen LogP) is 4.62. The van der Waals surface area contributed by atoms with Crippen LogP contribution in [-0.2, 0) is 0 Å². The van der Waals surface area contributed by atoms with Crippen molar-refractivity contribution < 1.29 is 0 Å². The maximum absolute atomic E-state index is 5.70. The van der Waals surface area contributed by atoms with E-state index in [0.29, 0.717) is 16.0 Å². The second kappa shape index (κ2) is 7.89. The molecular weight excluding hydrogens is 419 g/mol. The van der Waals surface area contributed by atoms with Gasteiger partial charge in [0.2, 0.25) is 0 Å². The fraction of sp³-hybridized carbons (Fsp3) is 0.0909. The standard InChI is InChI=1S/C6H6BrClN2.C5H4BrClN2/c1-9-5-2-4(7)3-10-6(5)8;6-3-1-4(8)5(7)9-2-3/h2-3,9H,1H3;1-2H,8H2. The van der Waals surface area contributed by atoms with Gasteiger partial charge in [-0.3, -0.25) is 0 Å². The number of pyridine rings is 2. The first-order valence-corrected chi connectivity index (χ1v) is 7.33. The van der Waals surface area contributed by atoms with Gasteiger partial charge in [0.25, 0.3) is 0 Å². The van der Waals surface area contributed by atoms with Gasteiger partial charge in [-0.25, -0.2) is 9.97 Å². The number of hydrogen-bond acceptors (Lipinski definition) is 4. The highest BCUT2D eigenvalue weighted by Gasteiger charge is 1.98. The Hall–Kier alpha value is -0.560. The van der Waals surface area contributed by atoms with Crippen molar-refractivity contribution in [1.29, 1.82) is 0 Å². The van der Waals surface area contributed by atoms with E-state index in [2.05, 4.69) is 47.1 Å². The number of rotatable bonds is 1. The van der Waals surface area contributed by atoms with Crippen LogP contribution >= 0.6 is 55.1 Å². The van der Waals surface area contributed by atoms with Crippen molar-refractivity contribution >= 4 is 66.4 Å². The zero-order valence-corrected chi connectivity index (χ0v) is 14.5. The molecule has 102 valence electrons.